The average molecular weight is 1120 g/mol. The predicted octanol–water partition coefficient (Wildman–Crippen LogP) is 23.8. The molecule has 0 fully saturated rings. The minimum Gasteiger partial charge on any atom is -0.462 e. The summed E-state index contributed by atoms with van der Waals surface area (Å²) >= 11 is 0. The van der Waals surface area contributed by atoms with Crippen LogP contribution in [0.25, 0.3) is 0 Å². The molecule has 0 heterocycles. The molecule has 0 saturated carbocycles. The number of allylic oxidation sites excluding steroid dienone is 14. The van der Waals surface area contributed by atoms with Crippen molar-refractivity contribution in [1.29, 1.82) is 0 Å². The number of unbranched alkanes of at least 4 members (excludes halogenated alkanes) is 38. The van der Waals surface area contributed by atoms with Crippen LogP contribution in [0, 0.1) is 0 Å². The van der Waals surface area contributed by atoms with Crippen molar-refractivity contribution in [2.24, 2.45) is 0 Å². The second-order valence-electron chi connectivity index (χ2n) is 23.1. The molecule has 0 aliphatic heterocycles. The van der Waals surface area contributed by atoms with Gasteiger partial charge >= 0.3 is 17.9 Å². The van der Waals surface area contributed by atoms with Gasteiger partial charge in [-0.3, -0.25) is 14.4 Å². The quantitative estimate of drug-likeness (QED) is 0.0261. The predicted molar refractivity (Wildman–Crippen MR) is 348 cm³/mol. The van der Waals surface area contributed by atoms with Crippen molar-refractivity contribution in [1.82, 2.24) is 0 Å². The summed E-state index contributed by atoms with van der Waals surface area (Å²) in [6.07, 6.45) is 90.6. The summed E-state index contributed by atoms with van der Waals surface area (Å²) in [4.78, 5) is 38.3. The molecule has 0 amide bonds. The molecule has 6 heteroatoms. The summed E-state index contributed by atoms with van der Waals surface area (Å²) in [5, 5.41) is 0. The van der Waals surface area contributed by atoms with Crippen molar-refractivity contribution in [2.75, 3.05) is 13.2 Å². The molecule has 80 heavy (non-hydrogen) atoms. The number of ether oxygens (including phenoxy) is 3. The van der Waals surface area contributed by atoms with Crippen molar-refractivity contribution >= 4 is 17.9 Å². The van der Waals surface area contributed by atoms with Crippen LogP contribution in [-0.4, -0.2) is 37.2 Å². The van der Waals surface area contributed by atoms with Crippen LogP contribution in [0.1, 0.15) is 348 Å². The second-order valence-corrected chi connectivity index (χ2v) is 23.1. The van der Waals surface area contributed by atoms with Gasteiger partial charge in [-0.05, 0) is 89.9 Å². The fourth-order valence-electron chi connectivity index (χ4n) is 9.98. The second kappa shape index (κ2) is 68.1. The first-order chi connectivity index (χ1) is 39.5. The van der Waals surface area contributed by atoms with E-state index in [2.05, 4.69) is 106 Å². The molecule has 6 nitrogen and oxygen atoms in total. The SMILES string of the molecule is CC/C=C\C/C=C\C/C=C\C/C=C\C/C=C\CCCC(=O)OC(COC(=O)CCCCCCCCCCCCCC)COC(=O)CCCCCCCCCCCCCCCCCCCCCCC/C=C\C/C=C\CCCCCCC. The van der Waals surface area contributed by atoms with E-state index in [-0.39, 0.29) is 37.5 Å². The first-order valence-electron chi connectivity index (χ1n) is 34.6. The Hall–Kier alpha value is -3.41. The summed E-state index contributed by atoms with van der Waals surface area (Å²) in [5.41, 5.74) is 0. The normalized spacial score (nSPS) is 12.6. The topological polar surface area (TPSA) is 78.9 Å². The van der Waals surface area contributed by atoms with Crippen molar-refractivity contribution in [3.05, 3.63) is 85.1 Å². The van der Waals surface area contributed by atoms with Gasteiger partial charge in [0.15, 0.2) is 6.10 Å². The Morgan fingerprint density at radius 2 is 0.500 bits per heavy atom. The largest absolute Gasteiger partial charge is 0.462 e. The molecule has 0 aromatic rings. The van der Waals surface area contributed by atoms with E-state index in [4.69, 9.17) is 14.2 Å². The van der Waals surface area contributed by atoms with E-state index in [1.165, 1.54) is 218 Å². The first kappa shape index (κ1) is 76.6. The van der Waals surface area contributed by atoms with Crippen LogP contribution in [-0.2, 0) is 28.6 Å². The van der Waals surface area contributed by atoms with Crippen LogP contribution in [0.4, 0.5) is 0 Å². The Kier molecular flexibility index (Phi) is 65.2. The van der Waals surface area contributed by atoms with Crippen LogP contribution >= 0.6 is 0 Å². The summed E-state index contributed by atoms with van der Waals surface area (Å²) in [6, 6.07) is 0. The number of carbonyl (C=O) groups is 3. The Morgan fingerprint density at radius 1 is 0.263 bits per heavy atom. The van der Waals surface area contributed by atoms with E-state index < -0.39 is 6.10 Å². The highest BCUT2D eigenvalue weighted by molar-refractivity contribution is 5.71. The van der Waals surface area contributed by atoms with Crippen molar-refractivity contribution < 1.29 is 28.6 Å². The number of hydrogen-bond acceptors (Lipinski definition) is 6. The van der Waals surface area contributed by atoms with Gasteiger partial charge in [0, 0.05) is 19.3 Å². The maximum absolute atomic E-state index is 12.9. The van der Waals surface area contributed by atoms with Crippen LogP contribution in [0.3, 0.4) is 0 Å². The summed E-state index contributed by atoms with van der Waals surface area (Å²) in [7, 11) is 0. The Balaban J connectivity index is 4.16. The van der Waals surface area contributed by atoms with Crippen molar-refractivity contribution in [3.63, 3.8) is 0 Å². The summed E-state index contributed by atoms with van der Waals surface area (Å²) in [5.74, 6) is -0.938. The lowest BCUT2D eigenvalue weighted by atomic mass is 10.0. The van der Waals surface area contributed by atoms with Crippen LogP contribution in [0.2, 0.25) is 0 Å². The van der Waals surface area contributed by atoms with E-state index in [1.54, 1.807) is 0 Å². The van der Waals surface area contributed by atoms with Gasteiger partial charge in [-0.25, -0.2) is 0 Å². The monoisotopic (exact) mass is 1110 g/mol. The molecule has 0 N–H and O–H groups in total. The molecular formula is C74H130O6. The van der Waals surface area contributed by atoms with E-state index in [0.29, 0.717) is 19.3 Å². The molecule has 0 spiro atoms. The molecule has 0 aromatic carbocycles. The third kappa shape index (κ3) is 65.4. The highest BCUT2D eigenvalue weighted by Gasteiger charge is 2.19. The lowest BCUT2D eigenvalue weighted by Gasteiger charge is -2.18. The van der Waals surface area contributed by atoms with Crippen molar-refractivity contribution in [3.8, 4) is 0 Å². The highest BCUT2D eigenvalue weighted by atomic mass is 16.6. The molecule has 0 bridgehead atoms. The Bertz CT molecular complexity index is 1520. The van der Waals surface area contributed by atoms with Gasteiger partial charge in [-0.15, -0.1) is 0 Å². The summed E-state index contributed by atoms with van der Waals surface area (Å²) in [6.45, 7) is 6.50. The zero-order valence-electron chi connectivity index (χ0n) is 53.1. The molecule has 1 unspecified atom stereocenters. The average Bonchev–Trinajstić information content (AvgIpc) is 3.46. The van der Waals surface area contributed by atoms with Crippen LogP contribution < -0.4 is 0 Å². The third-order valence-electron chi connectivity index (χ3n) is 15.1. The van der Waals surface area contributed by atoms with Crippen molar-refractivity contribution in [2.45, 2.75) is 354 Å². The third-order valence-corrected chi connectivity index (χ3v) is 15.1. The maximum atomic E-state index is 12.9. The van der Waals surface area contributed by atoms with E-state index in [1.807, 2.05) is 0 Å². The lowest BCUT2D eigenvalue weighted by Crippen LogP contribution is -2.30. The van der Waals surface area contributed by atoms with E-state index >= 15 is 0 Å². The first-order valence-corrected chi connectivity index (χ1v) is 34.6. The zero-order chi connectivity index (χ0) is 57.8. The zero-order valence-corrected chi connectivity index (χ0v) is 53.1. The smallest absolute Gasteiger partial charge is 0.306 e. The fraction of sp³-hybridized carbons (Fsp3) is 0.770. The molecule has 0 aromatic heterocycles. The minimum atomic E-state index is -0.804. The van der Waals surface area contributed by atoms with Crippen LogP contribution in [0.5, 0.6) is 0 Å². The van der Waals surface area contributed by atoms with Crippen LogP contribution in [0.15, 0.2) is 85.1 Å². The fourth-order valence-corrected chi connectivity index (χ4v) is 9.98. The Morgan fingerprint density at radius 3 is 0.800 bits per heavy atom. The van der Waals surface area contributed by atoms with E-state index in [0.717, 1.165) is 83.5 Å². The molecule has 0 aliphatic rings. The van der Waals surface area contributed by atoms with Gasteiger partial charge in [0.25, 0.3) is 0 Å². The lowest BCUT2D eigenvalue weighted by molar-refractivity contribution is -0.167. The van der Waals surface area contributed by atoms with Gasteiger partial charge < -0.3 is 14.2 Å². The molecule has 1 atom stereocenters. The van der Waals surface area contributed by atoms with Gasteiger partial charge in [0.1, 0.15) is 13.2 Å². The van der Waals surface area contributed by atoms with Gasteiger partial charge in [0.2, 0.25) is 0 Å². The molecule has 0 radical (unpaired) electrons. The molecule has 462 valence electrons. The number of carbonyl (C=O) groups excluding carboxylic acids is 3. The standard InChI is InChI=1S/C74H130O6/c1-4-7-10-13-16-19-22-25-27-29-30-31-32-33-34-35-36-37-38-39-40-41-42-43-44-46-47-49-52-55-58-61-64-67-73(76)79-70-71(69-78-72(75)66-63-60-57-54-51-24-21-18-15-12-9-6-3)80-74(77)68-65-62-59-56-53-50-48-45-28-26-23-20-17-14-11-8-5-2/h8,11,17,20,22,25-26,28-30,48,50,56,59,71H,4-7,9-10,12-16,18-19,21,23-24,27,31-47,49,51-55,57-58,60-70H2,1-3H3/b11-8-,20-17-,25-22-,28-26-,30-29-,50-48-,59-56-. The maximum Gasteiger partial charge on any atom is 0.306 e. The molecule has 0 saturated heterocycles. The van der Waals surface area contributed by atoms with Gasteiger partial charge in [-0.2, -0.15) is 0 Å². The molecule has 0 rings (SSSR count). The number of rotatable bonds is 63. The Labute approximate surface area is 496 Å². The minimum absolute atomic E-state index is 0.0948. The highest BCUT2D eigenvalue weighted by Crippen LogP contribution is 2.18. The number of hydrogen-bond donors (Lipinski definition) is 0. The number of esters is 3. The summed E-state index contributed by atoms with van der Waals surface area (Å²) < 4.78 is 16.9. The van der Waals surface area contributed by atoms with E-state index in [9.17, 15) is 14.4 Å². The molecular weight excluding hydrogens is 985 g/mol. The molecule has 0 aliphatic carbocycles. The van der Waals surface area contributed by atoms with Gasteiger partial charge in [0.05, 0.1) is 0 Å². The van der Waals surface area contributed by atoms with Gasteiger partial charge in [-0.1, -0.05) is 324 Å².